The molecule has 1 aromatic rings. The van der Waals surface area contributed by atoms with Crippen molar-refractivity contribution in [3.63, 3.8) is 0 Å². The molecule has 34 heavy (non-hydrogen) atoms. The van der Waals surface area contributed by atoms with Crippen LogP contribution in [0.3, 0.4) is 0 Å². The number of rotatable bonds is 8. The third kappa shape index (κ3) is 8.23. The molecule has 1 saturated carbocycles. The van der Waals surface area contributed by atoms with E-state index >= 15 is 0 Å². The van der Waals surface area contributed by atoms with E-state index in [2.05, 4.69) is 10.6 Å². The van der Waals surface area contributed by atoms with Crippen LogP contribution in [-0.4, -0.2) is 54.2 Å². The third-order valence-corrected chi connectivity index (χ3v) is 6.90. The van der Waals surface area contributed by atoms with Gasteiger partial charge in [-0.3, -0.25) is 14.4 Å². The van der Waals surface area contributed by atoms with Crippen LogP contribution in [0.1, 0.15) is 104 Å². The Morgan fingerprint density at radius 1 is 1.06 bits per heavy atom. The number of Topliss-reactive ketones (excluding diaryl/α,β-unsaturated/α-hetero) is 1. The van der Waals surface area contributed by atoms with Gasteiger partial charge in [0.15, 0.2) is 5.78 Å². The second-order valence-corrected chi connectivity index (χ2v) is 9.80. The van der Waals surface area contributed by atoms with Crippen molar-refractivity contribution >= 4 is 17.6 Å². The molecule has 2 fully saturated rings. The minimum Gasteiger partial charge on any atom is -0.342 e. The monoisotopic (exact) mass is 475 g/mol. The van der Waals surface area contributed by atoms with Crippen LogP contribution in [0.2, 0.25) is 0 Å². The summed E-state index contributed by atoms with van der Waals surface area (Å²) in [4.78, 5) is 39.8. The van der Waals surface area contributed by atoms with Crippen molar-refractivity contribution in [2.24, 2.45) is 5.92 Å². The second-order valence-electron chi connectivity index (χ2n) is 9.80. The van der Waals surface area contributed by atoms with Gasteiger partial charge in [-0.25, -0.2) is 0 Å². The zero-order valence-electron chi connectivity index (χ0n) is 21.9. The van der Waals surface area contributed by atoms with Gasteiger partial charge in [0.2, 0.25) is 5.91 Å². The fourth-order valence-corrected chi connectivity index (χ4v) is 5.06. The molecular weight excluding hydrogens is 426 g/mol. The molecule has 0 bridgehead atoms. The average molecular weight is 476 g/mol. The van der Waals surface area contributed by atoms with Gasteiger partial charge in [-0.1, -0.05) is 59.1 Å². The molecule has 194 valence electrons. The quantitative estimate of drug-likeness (QED) is 0.543. The topological polar surface area (TPSA) is 78.5 Å². The molecule has 1 unspecified atom stereocenters. The van der Waals surface area contributed by atoms with Crippen molar-refractivity contribution in [2.45, 2.75) is 97.6 Å². The van der Waals surface area contributed by atoms with Gasteiger partial charge in [0.1, 0.15) is 0 Å². The molecule has 1 heterocycles. The van der Waals surface area contributed by atoms with Gasteiger partial charge in [0, 0.05) is 33.5 Å². The Morgan fingerprint density at radius 3 is 2.41 bits per heavy atom. The predicted octanol–water partition coefficient (Wildman–Crippen LogP) is 5.18. The zero-order valence-corrected chi connectivity index (χ0v) is 21.9. The van der Waals surface area contributed by atoms with Crippen molar-refractivity contribution in [3.8, 4) is 0 Å². The Morgan fingerprint density at radius 2 is 1.76 bits per heavy atom. The van der Waals surface area contributed by atoms with Crippen LogP contribution in [-0.2, 0) is 9.59 Å². The molecule has 2 aliphatic rings. The highest BCUT2D eigenvalue weighted by Crippen LogP contribution is 2.29. The summed E-state index contributed by atoms with van der Waals surface area (Å²) in [7, 11) is 0. The van der Waals surface area contributed by atoms with Gasteiger partial charge < -0.3 is 15.5 Å². The Bertz CT molecular complexity index is 813. The Kier molecular flexibility index (Phi) is 11.7. The maximum Gasteiger partial charge on any atom is 0.251 e. The average Bonchev–Trinajstić information content (AvgIpc) is 2.87. The molecule has 6 nitrogen and oxygen atoms in total. The fraction of sp³-hybridized carbons (Fsp3) is 0.679. The van der Waals surface area contributed by atoms with E-state index in [1.54, 1.807) is 6.92 Å². The van der Waals surface area contributed by atoms with Crippen LogP contribution >= 0.6 is 0 Å². The molecule has 2 amide bonds. The van der Waals surface area contributed by atoms with Crippen LogP contribution in [0.5, 0.6) is 0 Å². The van der Waals surface area contributed by atoms with E-state index < -0.39 is 6.04 Å². The van der Waals surface area contributed by atoms with Gasteiger partial charge in [-0.2, -0.15) is 0 Å². The first kappa shape index (κ1) is 28.0. The van der Waals surface area contributed by atoms with Crippen LogP contribution < -0.4 is 10.6 Å². The lowest BCUT2D eigenvalue weighted by Crippen LogP contribution is -2.45. The Balaban J connectivity index is 0.00000299. The van der Waals surface area contributed by atoms with E-state index in [1.165, 1.54) is 6.42 Å². The minimum absolute atomic E-state index is 0. The molecular formula is C28H49N3O3. The third-order valence-electron chi connectivity index (χ3n) is 6.90. The van der Waals surface area contributed by atoms with Crippen molar-refractivity contribution < 1.29 is 17.2 Å². The lowest BCUT2D eigenvalue weighted by molar-refractivity contribution is -0.131. The molecule has 0 aromatic heterocycles. The lowest BCUT2D eigenvalue weighted by atomic mass is 9.82. The van der Waals surface area contributed by atoms with E-state index in [1.807, 2.05) is 56.9 Å². The number of ketones is 1. The number of nitrogens with one attached hydrogen (secondary N) is 2. The number of amides is 2. The summed E-state index contributed by atoms with van der Waals surface area (Å²) in [5, 5.41) is 6.23. The summed E-state index contributed by atoms with van der Waals surface area (Å²) in [6.45, 7) is 11.5. The zero-order chi connectivity index (χ0) is 25.1. The highest BCUT2D eigenvalue weighted by molar-refractivity contribution is 5.97. The van der Waals surface area contributed by atoms with E-state index in [0.29, 0.717) is 18.7 Å². The predicted molar refractivity (Wildman–Crippen MR) is 142 cm³/mol. The van der Waals surface area contributed by atoms with Crippen LogP contribution in [0.4, 0.5) is 0 Å². The van der Waals surface area contributed by atoms with Gasteiger partial charge in [0.05, 0.1) is 12.6 Å². The molecule has 1 aliphatic carbocycles. The number of likely N-dealkylation sites (tertiary alicyclic amines) is 1. The second kappa shape index (κ2) is 14.2. The molecule has 2 atom stereocenters. The molecule has 3 rings (SSSR count). The van der Waals surface area contributed by atoms with Gasteiger partial charge in [-0.05, 0) is 56.2 Å². The molecule has 1 aromatic carbocycles. The summed E-state index contributed by atoms with van der Waals surface area (Å²) < 4.78 is 0. The number of hydrogen-bond acceptors (Lipinski definition) is 4. The fourth-order valence-electron chi connectivity index (χ4n) is 5.06. The number of carbonyl (C=O) groups excluding carboxylic acids is 3. The van der Waals surface area contributed by atoms with Crippen molar-refractivity contribution in [1.82, 2.24) is 15.5 Å². The van der Waals surface area contributed by atoms with E-state index in [0.717, 1.165) is 50.6 Å². The molecule has 1 aliphatic heterocycles. The first-order valence-corrected chi connectivity index (χ1v) is 13.3. The molecule has 2 N–H and O–H groups in total. The normalized spacial score (nSPS) is 19.7. The van der Waals surface area contributed by atoms with Crippen LogP contribution in [0.15, 0.2) is 24.3 Å². The largest absolute Gasteiger partial charge is 0.342 e. The first-order valence-electron chi connectivity index (χ1n) is 13.3. The summed E-state index contributed by atoms with van der Waals surface area (Å²) >= 11 is 0. The van der Waals surface area contributed by atoms with Gasteiger partial charge in [0.25, 0.3) is 5.91 Å². The van der Waals surface area contributed by atoms with Gasteiger partial charge >= 0.3 is 0 Å². The number of benzene rings is 1. The van der Waals surface area contributed by atoms with Gasteiger partial charge in [-0.15, -0.1) is 0 Å². The minimum atomic E-state index is -0.400. The highest BCUT2D eigenvalue weighted by atomic mass is 16.2. The first-order chi connectivity index (χ1) is 16.3. The number of hydrogen-bond donors (Lipinski definition) is 2. The Hall–Kier alpha value is -2.21. The van der Waals surface area contributed by atoms with E-state index in [-0.39, 0.29) is 38.3 Å². The van der Waals surface area contributed by atoms with Crippen molar-refractivity contribution in [1.29, 1.82) is 0 Å². The van der Waals surface area contributed by atoms with E-state index in [9.17, 15) is 14.4 Å². The lowest BCUT2D eigenvalue weighted by Gasteiger charge is -2.33. The van der Waals surface area contributed by atoms with Crippen molar-refractivity contribution in [3.05, 3.63) is 35.4 Å². The van der Waals surface area contributed by atoms with Crippen LogP contribution in [0, 0.1) is 5.92 Å². The van der Waals surface area contributed by atoms with Crippen molar-refractivity contribution in [2.75, 3.05) is 19.6 Å². The smallest absolute Gasteiger partial charge is 0.251 e. The number of nitrogens with zero attached hydrogens (tertiary/aromatic N) is 1. The molecule has 0 radical (unpaired) electrons. The SMILES string of the molecule is CC.CC(=O)[C@H](NC(=O)c1cccc(C2CCCN(C(=O)CNC(C)C)C2)c1)C1CCCCC1.[HH].[HH]. The molecule has 0 spiro atoms. The Labute approximate surface area is 209 Å². The summed E-state index contributed by atoms with van der Waals surface area (Å²) in [5.74, 6) is 0.460. The maximum absolute atomic E-state index is 13.0. The maximum atomic E-state index is 13.0. The molecule has 6 heteroatoms. The number of carbonyl (C=O) groups is 3. The summed E-state index contributed by atoms with van der Waals surface area (Å²) in [6.07, 6.45) is 7.44. The molecule has 1 saturated heterocycles. The summed E-state index contributed by atoms with van der Waals surface area (Å²) in [6, 6.07) is 7.60. The number of piperidine rings is 1. The standard InChI is InChI=1S/C26H39N3O3.C2H6.2H2/c1-18(2)27-16-24(31)29-14-8-13-23(17-29)21-11-7-12-22(15-21)26(32)28-25(19(3)30)20-9-5-4-6-10-20;1-2;;/h7,11-12,15,18,20,23,25,27H,4-6,8-10,13-14,16-17H2,1-3H3,(H,28,32);1-2H3;2*1H/t23?,25-;;;/m0.../s1. The van der Waals surface area contributed by atoms with E-state index in [4.69, 9.17) is 0 Å². The highest BCUT2D eigenvalue weighted by Gasteiger charge is 2.29. The van der Waals surface area contributed by atoms with Crippen LogP contribution in [0.25, 0.3) is 0 Å². The summed E-state index contributed by atoms with van der Waals surface area (Å²) in [5.41, 5.74) is 1.68.